The summed E-state index contributed by atoms with van der Waals surface area (Å²) >= 11 is 0. The third-order valence-corrected chi connectivity index (χ3v) is 2.90. The molecule has 0 fully saturated rings. The highest BCUT2D eigenvalue weighted by molar-refractivity contribution is 5.42. The summed E-state index contributed by atoms with van der Waals surface area (Å²) in [4.78, 5) is 2.21. The van der Waals surface area contributed by atoms with E-state index < -0.39 is 0 Å². The standard InChI is InChI=1S/C15H22N2O3/c1-18-10-7-17(8-11-19-2)9-12-20-15-6-4-3-5-14(15)13-16/h3-6H,7-12H2,1-2H3. The molecular formula is C15H22N2O3. The fraction of sp³-hybridized carbons (Fsp3) is 0.533. The number of hydrogen-bond acceptors (Lipinski definition) is 5. The number of ether oxygens (including phenoxy) is 3. The lowest BCUT2D eigenvalue weighted by Crippen LogP contribution is -2.34. The predicted molar refractivity (Wildman–Crippen MR) is 76.8 cm³/mol. The molecule has 0 aromatic heterocycles. The number of rotatable bonds is 10. The average molecular weight is 278 g/mol. The maximum absolute atomic E-state index is 8.99. The van der Waals surface area contributed by atoms with Gasteiger partial charge in [-0.15, -0.1) is 0 Å². The molecule has 0 saturated heterocycles. The Bertz CT molecular complexity index is 410. The minimum atomic E-state index is 0.534. The van der Waals surface area contributed by atoms with Crippen molar-refractivity contribution in [3.63, 3.8) is 0 Å². The molecular weight excluding hydrogens is 256 g/mol. The lowest BCUT2D eigenvalue weighted by atomic mass is 10.2. The summed E-state index contributed by atoms with van der Waals surface area (Å²) in [6.45, 7) is 4.34. The highest BCUT2D eigenvalue weighted by Crippen LogP contribution is 2.16. The normalized spacial score (nSPS) is 10.5. The molecule has 0 aliphatic rings. The molecule has 0 N–H and O–H groups in total. The minimum Gasteiger partial charge on any atom is -0.491 e. The van der Waals surface area contributed by atoms with Gasteiger partial charge >= 0.3 is 0 Å². The van der Waals surface area contributed by atoms with Crippen molar-refractivity contribution in [3.8, 4) is 11.8 Å². The van der Waals surface area contributed by atoms with Crippen LogP contribution < -0.4 is 4.74 Å². The number of hydrogen-bond donors (Lipinski definition) is 0. The molecule has 0 aliphatic heterocycles. The summed E-state index contributed by atoms with van der Waals surface area (Å²) in [5, 5.41) is 8.99. The number of para-hydroxylation sites is 1. The van der Waals surface area contributed by atoms with Gasteiger partial charge in [0.05, 0.1) is 18.8 Å². The molecule has 0 aliphatic carbocycles. The van der Waals surface area contributed by atoms with E-state index >= 15 is 0 Å². The fourth-order valence-corrected chi connectivity index (χ4v) is 1.75. The summed E-state index contributed by atoms with van der Waals surface area (Å²) in [5.41, 5.74) is 0.563. The predicted octanol–water partition coefficient (Wildman–Crippen LogP) is 1.53. The second kappa shape index (κ2) is 10.2. The van der Waals surface area contributed by atoms with Crippen LogP contribution in [0.15, 0.2) is 24.3 Å². The lowest BCUT2D eigenvalue weighted by Gasteiger charge is -2.21. The molecule has 0 amide bonds. The van der Waals surface area contributed by atoms with Gasteiger partial charge in [-0.1, -0.05) is 12.1 Å². The van der Waals surface area contributed by atoms with Gasteiger partial charge < -0.3 is 14.2 Å². The summed E-state index contributed by atoms with van der Waals surface area (Å²) in [5.74, 6) is 0.633. The molecule has 20 heavy (non-hydrogen) atoms. The van der Waals surface area contributed by atoms with Crippen LogP contribution in [-0.4, -0.2) is 58.6 Å². The topological polar surface area (TPSA) is 54.7 Å². The summed E-state index contributed by atoms with van der Waals surface area (Å²) < 4.78 is 15.8. The molecule has 5 nitrogen and oxygen atoms in total. The van der Waals surface area contributed by atoms with E-state index in [1.165, 1.54) is 0 Å². The molecule has 0 saturated carbocycles. The highest BCUT2D eigenvalue weighted by atomic mass is 16.5. The zero-order chi connectivity index (χ0) is 14.6. The van der Waals surface area contributed by atoms with Crippen LogP contribution in [0.1, 0.15) is 5.56 Å². The molecule has 0 bridgehead atoms. The zero-order valence-corrected chi connectivity index (χ0v) is 12.2. The van der Waals surface area contributed by atoms with Crippen molar-refractivity contribution in [2.75, 3.05) is 53.7 Å². The second-order valence-electron chi connectivity index (χ2n) is 4.28. The van der Waals surface area contributed by atoms with E-state index in [0.717, 1.165) is 19.6 Å². The van der Waals surface area contributed by atoms with Crippen LogP contribution in [0.2, 0.25) is 0 Å². The van der Waals surface area contributed by atoms with E-state index in [-0.39, 0.29) is 0 Å². The summed E-state index contributed by atoms with van der Waals surface area (Å²) in [7, 11) is 3.38. The van der Waals surface area contributed by atoms with Crippen LogP contribution >= 0.6 is 0 Å². The Labute approximate surface area is 120 Å². The minimum absolute atomic E-state index is 0.534. The number of benzene rings is 1. The Kier molecular flexibility index (Phi) is 8.40. The van der Waals surface area contributed by atoms with Crippen molar-refractivity contribution < 1.29 is 14.2 Å². The summed E-state index contributed by atoms with van der Waals surface area (Å²) in [6, 6.07) is 9.38. The molecule has 0 atom stereocenters. The van der Waals surface area contributed by atoms with Crippen molar-refractivity contribution in [1.82, 2.24) is 4.90 Å². The zero-order valence-electron chi connectivity index (χ0n) is 12.2. The third-order valence-electron chi connectivity index (χ3n) is 2.90. The Morgan fingerprint density at radius 2 is 1.60 bits per heavy atom. The molecule has 0 heterocycles. The van der Waals surface area contributed by atoms with Crippen LogP contribution in [0, 0.1) is 11.3 Å². The maximum Gasteiger partial charge on any atom is 0.137 e. The fourth-order valence-electron chi connectivity index (χ4n) is 1.75. The van der Waals surface area contributed by atoms with Gasteiger partial charge in [0, 0.05) is 33.9 Å². The van der Waals surface area contributed by atoms with Crippen molar-refractivity contribution in [1.29, 1.82) is 5.26 Å². The van der Waals surface area contributed by atoms with Crippen molar-refractivity contribution in [2.45, 2.75) is 0 Å². The average Bonchev–Trinajstić information content (AvgIpc) is 2.49. The largest absolute Gasteiger partial charge is 0.491 e. The van der Waals surface area contributed by atoms with Crippen LogP contribution in [0.25, 0.3) is 0 Å². The van der Waals surface area contributed by atoms with E-state index in [0.29, 0.717) is 31.1 Å². The molecule has 1 aromatic carbocycles. The Morgan fingerprint density at radius 1 is 1.00 bits per heavy atom. The molecule has 1 rings (SSSR count). The van der Waals surface area contributed by atoms with Gasteiger partial charge in [0.1, 0.15) is 18.4 Å². The molecule has 1 aromatic rings. The first kappa shape index (κ1) is 16.4. The number of nitriles is 1. The molecule has 110 valence electrons. The molecule has 0 spiro atoms. The van der Waals surface area contributed by atoms with Crippen molar-refractivity contribution >= 4 is 0 Å². The number of nitrogens with zero attached hydrogens (tertiary/aromatic N) is 2. The monoisotopic (exact) mass is 278 g/mol. The molecule has 0 radical (unpaired) electrons. The Morgan fingerprint density at radius 3 is 2.20 bits per heavy atom. The third kappa shape index (κ3) is 6.02. The van der Waals surface area contributed by atoms with Gasteiger partial charge in [0.25, 0.3) is 0 Å². The first-order valence-corrected chi connectivity index (χ1v) is 6.64. The van der Waals surface area contributed by atoms with E-state index in [4.69, 9.17) is 19.5 Å². The van der Waals surface area contributed by atoms with Gasteiger partial charge in [-0.25, -0.2) is 0 Å². The Balaban J connectivity index is 2.40. The van der Waals surface area contributed by atoms with Crippen LogP contribution in [0.3, 0.4) is 0 Å². The quantitative estimate of drug-likeness (QED) is 0.649. The van der Waals surface area contributed by atoms with E-state index in [1.54, 1.807) is 20.3 Å². The number of methoxy groups -OCH3 is 2. The van der Waals surface area contributed by atoms with E-state index in [9.17, 15) is 0 Å². The van der Waals surface area contributed by atoms with Crippen LogP contribution in [0.4, 0.5) is 0 Å². The smallest absolute Gasteiger partial charge is 0.137 e. The second-order valence-corrected chi connectivity index (χ2v) is 4.28. The van der Waals surface area contributed by atoms with Gasteiger partial charge in [0.2, 0.25) is 0 Å². The van der Waals surface area contributed by atoms with Gasteiger partial charge in [-0.05, 0) is 12.1 Å². The molecule has 5 heteroatoms. The van der Waals surface area contributed by atoms with Crippen LogP contribution in [0.5, 0.6) is 5.75 Å². The first-order valence-electron chi connectivity index (χ1n) is 6.64. The SMILES string of the molecule is COCCN(CCOC)CCOc1ccccc1C#N. The highest BCUT2D eigenvalue weighted by Gasteiger charge is 2.06. The Hall–Kier alpha value is -1.61. The van der Waals surface area contributed by atoms with E-state index in [2.05, 4.69) is 11.0 Å². The molecule has 0 unspecified atom stereocenters. The van der Waals surface area contributed by atoms with Gasteiger partial charge in [-0.3, -0.25) is 4.90 Å². The summed E-state index contributed by atoms with van der Waals surface area (Å²) in [6.07, 6.45) is 0. The van der Waals surface area contributed by atoms with E-state index in [1.807, 2.05) is 18.2 Å². The maximum atomic E-state index is 8.99. The lowest BCUT2D eigenvalue weighted by molar-refractivity contribution is 0.104. The van der Waals surface area contributed by atoms with Crippen LogP contribution in [-0.2, 0) is 9.47 Å². The van der Waals surface area contributed by atoms with Gasteiger partial charge in [0.15, 0.2) is 0 Å². The van der Waals surface area contributed by atoms with Crippen molar-refractivity contribution in [2.24, 2.45) is 0 Å². The first-order chi connectivity index (χ1) is 9.81. The van der Waals surface area contributed by atoms with Gasteiger partial charge in [-0.2, -0.15) is 5.26 Å². The van der Waals surface area contributed by atoms with Crippen molar-refractivity contribution in [3.05, 3.63) is 29.8 Å².